The molecule has 2 nitrogen and oxygen atoms in total. The van der Waals surface area contributed by atoms with E-state index in [0.29, 0.717) is 6.54 Å². The van der Waals surface area contributed by atoms with Crippen LogP contribution in [0.3, 0.4) is 0 Å². The third-order valence-electron chi connectivity index (χ3n) is 1.88. The van der Waals surface area contributed by atoms with Crippen LogP contribution in [-0.4, -0.2) is 4.40 Å². The molecule has 0 amide bonds. The first-order chi connectivity index (χ1) is 5.42. The van der Waals surface area contributed by atoms with Crippen LogP contribution in [-0.2, 0) is 6.54 Å². The van der Waals surface area contributed by atoms with E-state index in [9.17, 15) is 0 Å². The van der Waals surface area contributed by atoms with Gasteiger partial charge < -0.3 is 10.1 Å². The Balaban J connectivity index is 2.76. The van der Waals surface area contributed by atoms with Crippen molar-refractivity contribution in [3.8, 4) is 0 Å². The molecule has 56 valence electrons. The predicted molar refractivity (Wildman–Crippen MR) is 45.3 cm³/mol. The maximum atomic E-state index is 5.55. The second kappa shape index (κ2) is 2.40. The van der Waals surface area contributed by atoms with Crippen molar-refractivity contribution in [2.45, 2.75) is 6.54 Å². The largest absolute Gasteiger partial charge is 0.326 e. The van der Waals surface area contributed by atoms with E-state index in [0.717, 1.165) is 0 Å². The number of pyridine rings is 1. The Bertz CT molecular complexity index is 362. The summed E-state index contributed by atoms with van der Waals surface area (Å²) in [6, 6.07) is 8.15. The van der Waals surface area contributed by atoms with Gasteiger partial charge >= 0.3 is 0 Å². The van der Waals surface area contributed by atoms with Crippen LogP contribution >= 0.6 is 0 Å². The van der Waals surface area contributed by atoms with Crippen LogP contribution in [0.2, 0.25) is 0 Å². The van der Waals surface area contributed by atoms with Gasteiger partial charge in [0, 0.05) is 24.5 Å². The molecule has 2 aromatic heterocycles. The smallest absolute Gasteiger partial charge is 0.0494 e. The summed E-state index contributed by atoms with van der Waals surface area (Å²) in [5.74, 6) is 0. The molecule has 2 heterocycles. The minimum atomic E-state index is 0.612. The average Bonchev–Trinajstić information content (AvgIpc) is 2.47. The van der Waals surface area contributed by atoms with Crippen molar-refractivity contribution in [3.05, 3.63) is 42.2 Å². The SMILES string of the molecule is NCc1ccn2ccccc12. The summed E-state index contributed by atoms with van der Waals surface area (Å²) in [4.78, 5) is 0. The van der Waals surface area contributed by atoms with Crippen molar-refractivity contribution in [3.63, 3.8) is 0 Å². The molecule has 11 heavy (non-hydrogen) atoms. The van der Waals surface area contributed by atoms with E-state index < -0.39 is 0 Å². The van der Waals surface area contributed by atoms with E-state index in [-0.39, 0.29) is 0 Å². The maximum Gasteiger partial charge on any atom is 0.0494 e. The van der Waals surface area contributed by atoms with Gasteiger partial charge in [-0.25, -0.2) is 0 Å². The fraction of sp³-hybridized carbons (Fsp3) is 0.111. The second-order valence-corrected chi connectivity index (χ2v) is 2.54. The van der Waals surface area contributed by atoms with Gasteiger partial charge in [0.2, 0.25) is 0 Å². The number of nitrogens with zero attached hydrogens (tertiary/aromatic N) is 1. The quantitative estimate of drug-likeness (QED) is 0.647. The van der Waals surface area contributed by atoms with Gasteiger partial charge in [0.25, 0.3) is 0 Å². The molecular formula is C9H10N2. The Kier molecular flexibility index (Phi) is 1.40. The van der Waals surface area contributed by atoms with Crippen LogP contribution in [0.25, 0.3) is 5.52 Å². The number of fused-ring (bicyclic) bond motifs is 1. The summed E-state index contributed by atoms with van der Waals surface area (Å²) >= 11 is 0. The Morgan fingerprint density at radius 2 is 2.09 bits per heavy atom. The molecule has 2 aromatic rings. The molecule has 0 unspecified atom stereocenters. The Labute approximate surface area is 65.3 Å². The van der Waals surface area contributed by atoms with Crippen molar-refractivity contribution < 1.29 is 0 Å². The molecule has 0 bridgehead atoms. The number of rotatable bonds is 1. The van der Waals surface area contributed by atoms with Gasteiger partial charge in [0.15, 0.2) is 0 Å². The van der Waals surface area contributed by atoms with Crippen LogP contribution in [0.5, 0.6) is 0 Å². The molecular weight excluding hydrogens is 136 g/mol. The number of hydrogen-bond acceptors (Lipinski definition) is 1. The molecule has 2 heteroatoms. The van der Waals surface area contributed by atoms with Crippen LogP contribution in [0.4, 0.5) is 0 Å². The first kappa shape index (κ1) is 6.43. The molecule has 0 aliphatic rings. The molecule has 0 saturated carbocycles. The van der Waals surface area contributed by atoms with Crippen molar-refractivity contribution in [2.24, 2.45) is 5.73 Å². The molecule has 0 aliphatic heterocycles. The molecule has 2 rings (SSSR count). The van der Waals surface area contributed by atoms with E-state index in [1.54, 1.807) is 0 Å². The van der Waals surface area contributed by atoms with Gasteiger partial charge in [0.1, 0.15) is 0 Å². The first-order valence-corrected chi connectivity index (χ1v) is 3.66. The van der Waals surface area contributed by atoms with Crippen LogP contribution in [0.15, 0.2) is 36.7 Å². The van der Waals surface area contributed by atoms with Crippen molar-refractivity contribution >= 4 is 5.52 Å². The molecule has 0 aliphatic carbocycles. The third-order valence-corrected chi connectivity index (χ3v) is 1.88. The number of nitrogens with two attached hydrogens (primary N) is 1. The third kappa shape index (κ3) is 0.917. The summed E-state index contributed by atoms with van der Waals surface area (Å²) < 4.78 is 2.07. The summed E-state index contributed by atoms with van der Waals surface area (Å²) in [7, 11) is 0. The normalized spacial score (nSPS) is 10.6. The van der Waals surface area contributed by atoms with Gasteiger partial charge in [-0.1, -0.05) is 6.07 Å². The zero-order chi connectivity index (χ0) is 7.68. The van der Waals surface area contributed by atoms with E-state index in [1.807, 2.05) is 24.5 Å². The van der Waals surface area contributed by atoms with E-state index >= 15 is 0 Å². The highest BCUT2D eigenvalue weighted by Gasteiger charge is 1.96. The lowest BCUT2D eigenvalue weighted by molar-refractivity contribution is 1.08. The van der Waals surface area contributed by atoms with Gasteiger partial charge in [-0.3, -0.25) is 0 Å². The standard InChI is InChI=1S/C9H10N2/c10-7-8-4-6-11-5-2-1-3-9(8)11/h1-6H,7,10H2. The fourth-order valence-electron chi connectivity index (χ4n) is 1.29. The molecule has 0 fully saturated rings. The monoisotopic (exact) mass is 146 g/mol. The summed E-state index contributed by atoms with van der Waals surface area (Å²) in [5.41, 5.74) is 7.95. The summed E-state index contributed by atoms with van der Waals surface area (Å²) in [5, 5.41) is 0. The number of hydrogen-bond donors (Lipinski definition) is 1. The van der Waals surface area contributed by atoms with Crippen molar-refractivity contribution in [1.29, 1.82) is 0 Å². The molecule has 0 atom stereocenters. The van der Waals surface area contributed by atoms with Gasteiger partial charge in [-0.2, -0.15) is 0 Å². The van der Waals surface area contributed by atoms with E-state index in [1.165, 1.54) is 11.1 Å². The van der Waals surface area contributed by atoms with Crippen molar-refractivity contribution in [1.82, 2.24) is 4.40 Å². The highest BCUT2D eigenvalue weighted by atomic mass is 14.9. The van der Waals surface area contributed by atoms with Crippen LogP contribution < -0.4 is 5.73 Å². The minimum absolute atomic E-state index is 0.612. The van der Waals surface area contributed by atoms with E-state index in [4.69, 9.17) is 5.73 Å². The predicted octanol–water partition coefficient (Wildman–Crippen LogP) is 1.40. The highest BCUT2D eigenvalue weighted by Crippen LogP contribution is 2.10. The van der Waals surface area contributed by atoms with Crippen molar-refractivity contribution in [2.75, 3.05) is 0 Å². The molecule has 0 spiro atoms. The van der Waals surface area contributed by atoms with Gasteiger partial charge in [-0.15, -0.1) is 0 Å². The summed E-state index contributed by atoms with van der Waals surface area (Å²) in [6.45, 7) is 0.612. The first-order valence-electron chi connectivity index (χ1n) is 3.66. The van der Waals surface area contributed by atoms with Crippen LogP contribution in [0.1, 0.15) is 5.56 Å². The topological polar surface area (TPSA) is 30.4 Å². The Morgan fingerprint density at radius 3 is 2.91 bits per heavy atom. The minimum Gasteiger partial charge on any atom is -0.326 e. The maximum absolute atomic E-state index is 5.55. The lowest BCUT2D eigenvalue weighted by Gasteiger charge is -1.94. The lowest BCUT2D eigenvalue weighted by Crippen LogP contribution is -1.94. The van der Waals surface area contributed by atoms with Crippen LogP contribution in [0, 0.1) is 0 Å². The molecule has 0 saturated heterocycles. The Morgan fingerprint density at radius 1 is 1.18 bits per heavy atom. The molecule has 0 aromatic carbocycles. The highest BCUT2D eigenvalue weighted by molar-refractivity contribution is 5.55. The van der Waals surface area contributed by atoms with Gasteiger partial charge in [-0.05, 0) is 23.8 Å². The summed E-state index contributed by atoms with van der Waals surface area (Å²) in [6.07, 6.45) is 4.05. The van der Waals surface area contributed by atoms with Gasteiger partial charge in [0.05, 0.1) is 0 Å². The zero-order valence-electron chi connectivity index (χ0n) is 6.20. The fourth-order valence-corrected chi connectivity index (χ4v) is 1.29. The average molecular weight is 146 g/mol. The lowest BCUT2D eigenvalue weighted by atomic mass is 10.2. The second-order valence-electron chi connectivity index (χ2n) is 2.54. The Hall–Kier alpha value is -1.28. The number of aromatic nitrogens is 1. The molecule has 2 N–H and O–H groups in total. The zero-order valence-corrected chi connectivity index (χ0v) is 6.20. The van der Waals surface area contributed by atoms with E-state index in [2.05, 4.69) is 16.5 Å². The molecule has 0 radical (unpaired) electrons.